The molecule has 0 radical (unpaired) electrons. The van der Waals surface area contributed by atoms with Crippen LogP contribution < -0.4 is 4.74 Å². The number of para-hydroxylation sites is 1. The Hall–Kier alpha value is -2.62. The molecule has 0 bridgehead atoms. The molecule has 2 rings (SSSR count). The predicted molar refractivity (Wildman–Crippen MR) is 87.0 cm³/mol. The minimum absolute atomic E-state index is 0.461. The van der Waals surface area contributed by atoms with Crippen LogP contribution in [0.4, 0.5) is 5.69 Å². The van der Waals surface area contributed by atoms with E-state index in [-0.39, 0.29) is 0 Å². The van der Waals surface area contributed by atoms with Crippen LogP contribution >= 0.6 is 0 Å². The molecule has 0 atom stereocenters. The van der Waals surface area contributed by atoms with Crippen LogP contribution in [0.1, 0.15) is 20.8 Å². The quantitative estimate of drug-likeness (QED) is 0.615. The first-order valence-electron chi connectivity index (χ1n) is 7.02. The van der Waals surface area contributed by atoms with E-state index in [1.807, 2.05) is 51.1 Å². The van der Waals surface area contributed by atoms with Gasteiger partial charge in [-0.1, -0.05) is 18.2 Å². The number of hydrogen-bond acceptors (Lipinski definition) is 4. The van der Waals surface area contributed by atoms with Gasteiger partial charge in [-0.15, -0.1) is 0 Å². The van der Waals surface area contributed by atoms with Crippen LogP contribution in [0.2, 0.25) is 0 Å². The highest BCUT2D eigenvalue weighted by atomic mass is 16.6. The summed E-state index contributed by atoms with van der Waals surface area (Å²) in [6.45, 7) is 5.44. The van der Waals surface area contributed by atoms with E-state index in [2.05, 4.69) is 4.99 Å². The topological polar surface area (TPSA) is 47.9 Å². The summed E-state index contributed by atoms with van der Waals surface area (Å²) in [5.74, 6) is 1.02. The average molecular weight is 297 g/mol. The molecule has 114 valence electrons. The number of ether oxygens (including phenoxy) is 2. The van der Waals surface area contributed by atoms with E-state index in [0.29, 0.717) is 11.4 Å². The Morgan fingerprint density at radius 2 is 1.55 bits per heavy atom. The van der Waals surface area contributed by atoms with Gasteiger partial charge in [0.15, 0.2) is 0 Å². The molecule has 0 spiro atoms. The van der Waals surface area contributed by atoms with Gasteiger partial charge in [0.2, 0.25) is 0 Å². The Balaban J connectivity index is 1.96. The van der Waals surface area contributed by atoms with Crippen molar-refractivity contribution in [1.29, 1.82) is 0 Å². The Labute approximate surface area is 130 Å². The Morgan fingerprint density at radius 1 is 0.955 bits per heavy atom. The summed E-state index contributed by atoms with van der Waals surface area (Å²) in [5.41, 5.74) is 0.141. The highest BCUT2D eigenvalue weighted by molar-refractivity contribution is 6.23. The number of benzene rings is 2. The summed E-state index contributed by atoms with van der Waals surface area (Å²) in [4.78, 5) is 15.6. The molecule has 0 saturated heterocycles. The van der Waals surface area contributed by atoms with Crippen LogP contribution in [-0.4, -0.2) is 17.8 Å². The fourth-order valence-corrected chi connectivity index (χ4v) is 1.68. The Kier molecular flexibility index (Phi) is 4.94. The van der Waals surface area contributed by atoms with Crippen molar-refractivity contribution in [2.45, 2.75) is 26.4 Å². The molecule has 0 aliphatic rings. The summed E-state index contributed by atoms with van der Waals surface area (Å²) in [5, 5.41) is 0. The third kappa shape index (κ3) is 5.40. The maximum absolute atomic E-state index is 11.5. The zero-order chi connectivity index (χ0) is 16.0. The summed E-state index contributed by atoms with van der Waals surface area (Å²) < 4.78 is 10.8. The third-order valence-corrected chi connectivity index (χ3v) is 2.54. The first-order valence-corrected chi connectivity index (χ1v) is 7.02. The zero-order valence-corrected chi connectivity index (χ0v) is 12.9. The fourth-order valence-electron chi connectivity index (χ4n) is 1.68. The molecule has 4 nitrogen and oxygen atoms in total. The van der Waals surface area contributed by atoms with Gasteiger partial charge in [0.05, 0.1) is 5.69 Å². The smallest absolute Gasteiger partial charge is 0.349 e. The van der Waals surface area contributed by atoms with E-state index < -0.39 is 11.6 Å². The molecule has 0 heterocycles. The van der Waals surface area contributed by atoms with Crippen molar-refractivity contribution in [1.82, 2.24) is 0 Å². The zero-order valence-electron chi connectivity index (χ0n) is 12.9. The lowest BCUT2D eigenvalue weighted by molar-refractivity contribution is -0.145. The molecule has 0 aliphatic carbocycles. The SMILES string of the molecule is CC(C)(C)OC(=O)C=Nc1ccc(Oc2ccccc2)cc1. The summed E-state index contributed by atoms with van der Waals surface area (Å²) in [6.07, 6.45) is 1.18. The minimum Gasteiger partial charge on any atom is -0.457 e. The van der Waals surface area contributed by atoms with Crippen LogP contribution in [0.5, 0.6) is 11.5 Å². The van der Waals surface area contributed by atoms with Crippen LogP contribution in [0.25, 0.3) is 0 Å². The molecular weight excluding hydrogens is 278 g/mol. The molecule has 0 fully saturated rings. The van der Waals surface area contributed by atoms with Crippen molar-refractivity contribution in [3.05, 3.63) is 54.6 Å². The molecule has 0 saturated carbocycles. The minimum atomic E-state index is -0.517. The van der Waals surface area contributed by atoms with Gasteiger partial charge >= 0.3 is 5.97 Å². The van der Waals surface area contributed by atoms with Gasteiger partial charge < -0.3 is 9.47 Å². The molecule has 2 aromatic rings. The second-order valence-corrected chi connectivity index (χ2v) is 5.70. The van der Waals surface area contributed by atoms with Gasteiger partial charge in [-0.3, -0.25) is 0 Å². The van der Waals surface area contributed by atoms with Crippen molar-refractivity contribution in [2.24, 2.45) is 4.99 Å². The number of aliphatic imine (C=N–C) groups is 1. The normalized spacial score (nSPS) is 11.4. The number of carbonyl (C=O) groups is 1. The number of hydrogen-bond donors (Lipinski definition) is 0. The first kappa shape index (κ1) is 15.8. The van der Waals surface area contributed by atoms with Crippen molar-refractivity contribution >= 4 is 17.9 Å². The van der Waals surface area contributed by atoms with E-state index in [9.17, 15) is 4.79 Å². The monoisotopic (exact) mass is 297 g/mol. The van der Waals surface area contributed by atoms with Crippen molar-refractivity contribution < 1.29 is 14.3 Å². The summed E-state index contributed by atoms with van der Waals surface area (Å²) in [7, 11) is 0. The van der Waals surface area contributed by atoms with E-state index in [1.54, 1.807) is 24.3 Å². The van der Waals surface area contributed by atoms with Crippen LogP contribution in [0, 0.1) is 0 Å². The van der Waals surface area contributed by atoms with Gasteiger partial charge in [0, 0.05) is 0 Å². The standard InChI is InChI=1S/C18H19NO3/c1-18(2,3)22-17(20)13-19-14-9-11-16(12-10-14)21-15-7-5-4-6-8-15/h4-13H,1-3H3. The molecule has 0 aliphatic heterocycles. The second kappa shape index (κ2) is 6.89. The van der Waals surface area contributed by atoms with Gasteiger partial charge in [0.25, 0.3) is 0 Å². The Bertz CT molecular complexity index is 640. The maximum Gasteiger partial charge on any atom is 0.349 e. The fraction of sp³-hybridized carbons (Fsp3) is 0.222. The predicted octanol–water partition coefficient (Wildman–Crippen LogP) is 4.52. The third-order valence-electron chi connectivity index (χ3n) is 2.54. The van der Waals surface area contributed by atoms with Crippen molar-refractivity contribution in [2.75, 3.05) is 0 Å². The molecule has 0 aromatic heterocycles. The number of esters is 1. The van der Waals surface area contributed by atoms with E-state index >= 15 is 0 Å². The molecule has 0 N–H and O–H groups in total. The molecule has 2 aromatic carbocycles. The molecule has 22 heavy (non-hydrogen) atoms. The van der Waals surface area contributed by atoms with Crippen LogP contribution in [-0.2, 0) is 9.53 Å². The molecule has 4 heteroatoms. The highest BCUT2D eigenvalue weighted by Crippen LogP contribution is 2.23. The number of carbonyl (C=O) groups excluding carboxylic acids is 1. The largest absolute Gasteiger partial charge is 0.457 e. The van der Waals surface area contributed by atoms with E-state index in [0.717, 1.165) is 5.75 Å². The first-order chi connectivity index (χ1) is 10.4. The molecule has 0 amide bonds. The van der Waals surface area contributed by atoms with Crippen molar-refractivity contribution in [3.63, 3.8) is 0 Å². The van der Waals surface area contributed by atoms with Gasteiger partial charge in [-0.25, -0.2) is 9.79 Å². The maximum atomic E-state index is 11.5. The lowest BCUT2D eigenvalue weighted by Gasteiger charge is -2.17. The van der Waals surface area contributed by atoms with E-state index in [1.165, 1.54) is 6.21 Å². The molecule has 0 unspecified atom stereocenters. The number of rotatable bonds is 4. The van der Waals surface area contributed by atoms with Gasteiger partial charge in [-0.05, 0) is 57.2 Å². The summed E-state index contributed by atoms with van der Waals surface area (Å²) in [6, 6.07) is 16.7. The van der Waals surface area contributed by atoms with Crippen LogP contribution in [0.3, 0.4) is 0 Å². The van der Waals surface area contributed by atoms with E-state index in [4.69, 9.17) is 9.47 Å². The average Bonchev–Trinajstić information content (AvgIpc) is 2.46. The van der Waals surface area contributed by atoms with Gasteiger partial charge in [0.1, 0.15) is 23.3 Å². The Morgan fingerprint density at radius 3 is 2.14 bits per heavy atom. The van der Waals surface area contributed by atoms with Crippen LogP contribution in [0.15, 0.2) is 59.6 Å². The highest BCUT2D eigenvalue weighted by Gasteiger charge is 2.14. The summed E-state index contributed by atoms with van der Waals surface area (Å²) >= 11 is 0. The van der Waals surface area contributed by atoms with Gasteiger partial charge in [-0.2, -0.15) is 0 Å². The number of nitrogens with zero attached hydrogens (tertiary/aromatic N) is 1. The lowest BCUT2D eigenvalue weighted by Crippen LogP contribution is -2.24. The van der Waals surface area contributed by atoms with Crippen molar-refractivity contribution in [3.8, 4) is 11.5 Å². The second-order valence-electron chi connectivity index (χ2n) is 5.70. The molecular formula is C18H19NO3. The lowest BCUT2D eigenvalue weighted by atomic mass is 10.2.